The minimum Gasteiger partial charge on any atom is -0.274 e. The van der Waals surface area contributed by atoms with Gasteiger partial charge in [-0.1, -0.05) is 84.9 Å². The lowest BCUT2D eigenvalue weighted by molar-refractivity contribution is -0.128. The summed E-state index contributed by atoms with van der Waals surface area (Å²) in [4.78, 5) is 29.8. The van der Waals surface area contributed by atoms with Crippen molar-refractivity contribution in [1.82, 2.24) is 0 Å². The van der Waals surface area contributed by atoms with Crippen LogP contribution >= 0.6 is 0 Å². The molecule has 3 heteroatoms. The van der Waals surface area contributed by atoms with Gasteiger partial charge in [-0.05, 0) is 40.6 Å². The second-order valence-corrected chi connectivity index (χ2v) is 9.41. The first-order valence-corrected chi connectivity index (χ1v) is 11.2. The Balaban J connectivity index is 1.50. The van der Waals surface area contributed by atoms with Crippen LogP contribution in [0.2, 0.25) is 0 Å². The maximum absolute atomic E-state index is 14.2. The van der Waals surface area contributed by atoms with Crippen molar-refractivity contribution in [3.63, 3.8) is 0 Å². The molecule has 4 aromatic rings. The molecule has 0 saturated carbocycles. The van der Waals surface area contributed by atoms with Gasteiger partial charge in [0.25, 0.3) is 0 Å². The summed E-state index contributed by atoms with van der Waals surface area (Å²) in [6, 6.07) is 30.6. The van der Waals surface area contributed by atoms with E-state index in [-0.39, 0.29) is 23.7 Å². The van der Waals surface area contributed by atoms with Crippen molar-refractivity contribution in [1.29, 1.82) is 0 Å². The summed E-state index contributed by atoms with van der Waals surface area (Å²) in [5.74, 6) is -0.783. The van der Waals surface area contributed by atoms with Crippen molar-refractivity contribution in [2.75, 3.05) is 4.90 Å². The van der Waals surface area contributed by atoms with Crippen LogP contribution in [0.4, 0.5) is 5.69 Å². The quantitative estimate of drug-likeness (QED) is 0.378. The Bertz CT molecular complexity index is 1420. The average Bonchev–Trinajstić information content (AvgIpc) is 3.04. The van der Waals surface area contributed by atoms with Crippen molar-refractivity contribution >= 4 is 28.3 Å². The van der Waals surface area contributed by atoms with Crippen LogP contribution < -0.4 is 4.90 Å². The molecule has 1 aliphatic heterocycles. The highest BCUT2D eigenvalue weighted by Gasteiger charge is 2.68. The lowest BCUT2D eigenvalue weighted by atomic mass is 9.48. The van der Waals surface area contributed by atoms with E-state index in [4.69, 9.17) is 0 Å². The molecule has 4 aliphatic rings. The van der Waals surface area contributed by atoms with Crippen LogP contribution in [0.3, 0.4) is 0 Å². The number of benzene rings is 4. The number of nitrogens with zero attached hydrogens (tertiary/aromatic N) is 1. The summed E-state index contributed by atoms with van der Waals surface area (Å²) in [5.41, 5.74) is 4.66. The SMILES string of the molecule is C[C@@]12C(=O)N(c3cccc4ccccc34)C(=O)[C@H]1C1c3ccccc3C2c2ccccc21. The molecule has 3 nitrogen and oxygen atoms in total. The van der Waals surface area contributed by atoms with E-state index in [1.807, 2.05) is 73.7 Å². The van der Waals surface area contributed by atoms with Gasteiger partial charge >= 0.3 is 0 Å². The Labute approximate surface area is 186 Å². The number of carbonyl (C=O) groups is 2. The number of amides is 2. The minimum atomic E-state index is -0.804. The number of anilines is 1. The van der Waals surface area contributed by atoms with Gasteiger partial charge in [-0.3, -0.25) is 9.59 Å². The van der Waals surface area contributed by atoms with E-state index < -0.39 is 11.3 Å². The van der Waals surface area contributed by atoms with Crippen molar-refractivity contribution in [3.8, 4) is 0 Å². The van der Waals surface area contributed by atoms with E-state index in [0.717, 1.165) is 10.8 Å². The summed E-state index contributed by atoms with van der Waals surface area (Å²) < 4.78 is 0. The maximum atomic E-state index is 14.2. The zero-order chi connectivity index (χ0) is 21.6. The number of hydrogen-bond acceptors (Lipinski definition) is 2. The molecule has 0 unspecified atom stereocenters. The van der Waals surface area contributed by atoms with Crippen LogP contribution in [-0.4, -0.2) is 11.8 Å². The molecule has 32 heavy (non-hydrogen) atoms. The zero-order valence-electron chi connectivity index (χ0n) is 17.7. The highest BCUT2D eigenvalue weighted by atomic mass is 16.2. The smallest absolute Gasteiger partial charge is 0.241 e. The molecule has 154 valence electrons. The average molecular weight is 415 g/mol. The van der Waals surface area contributed by atoms with Gasteiger partial charge in [-0.15, -0.1) is 0 Å². The van der Waals surface area contributed by atoms with Gasteiger partial charge in [-0.2, -0.15) is 0 Å². The number of rotatable bonds is 1. The number of carbonyl (C=O) groups excluding carboxylic acids is 2. The highest BCUT2D eigenvalue weighted by Crippen LogP contribution is 2.67. The Hall–Kier alpha value is -3.72. The van der Waals surface area contributed by atoms with E-state index in [9.17, 15) is 9.59 Å². The maximum Gasteiger partial charge on any atom is 0.241 e. The summed E-state index contributed by atoms with van der Waals surface area (Å²) in [6.07, 6.45) is 0. The van der Waals surface area contributed by atoms with Gasteiger partial charge in [-0.25, -0.2) is 4.90 Å². The summed E-state index contributed by atoms with van der Waals surface area (Å²) >= 11 is 0. The molecule has 4 aromatic carbocycles. The molecule has 1 heterocycles. The third-order valence-corrected chi connectivity index (χ3v) is 8.02. The van der Waals surface area contributed by atoms with E-state index in [1.54, 1.807) is 0 Å². The van der Waals surface area contributed by atoms with Crippen LogP contribution in [0.5, 0.6) is 0 Å². The zero-order valence-corrected chi connectivity index (χ0v) is 17.7. The fourth-order valence-corrected chi connectivity index (χ4v) is 6.75. The molecule has 0 spiro atoms. The van der Waals surface area contributed by atoms with E-state index in [1.165, 1.54) is 27.2 Å². The molecule has 1 saturated heterocycles. The fourth-order valence-electron chi connectivity index (χ4n) is 6.75. The summed E-state index contributed by atoms with van der Waals surface area (Å²) in [7, 11) is 0. The van der Waals surface area contributed by atoms with E-state index in [0.29, 0.717) is 5.69 Å². The lowest BCUT2D eigenvalue weighted by Gasteiger charge is -2.51. The third-order valence-electron chi connectivity index (χ3n) is 8.02. The van der Waals surface area contributed by atoms with Gasteiger partial charge in [0.15, 0.2) is 0 Å². The second kappa shape index (κ2) is 5.95. The van der Waals surface area contributed by atoms with Gasteiger partial charge < -0.3 is 0 Å². The summed E-state index contributed by atoms with van der Waals surface area (Å²) in [5, 5.41) is 1.96. The monoisotopic (exact) mass is 415 g/mol. The molecular formula is C29H21NO2. The first kappa shape index (κ1) is 17.9. The summed E-state index contributed by atoms with van der Waals surface area (Å²) in [6.45, 7) is 2.02. The van der Waals surface area contributed by atoms with Gasteiger partial charge in [0.2, 0.25) is 11.8 Å². The van der Waals surface area contributed by atoms with Gasteiger partial charge in [0.1, 0.15) is 0 Å². The van der Waals surface area contributed by atoms with Crippen LogP contribution in [0, 0.1) is 11.3 Å². The Morgan fingerprint density at radius 1 is 0.688 bits per heavy atom. The molecule has 2 amide bonds. The first-order valence-electron chi connectivity index (χ1n) is 11.2. The molecule has 2 atom stereocenters. The molecular weight excluding hydrogens is 394 g/mol. The first-order chi connectivity index (χ1) is 15.6. The van der Waals surface area contributed by atoms with Crippen LogP contribution in [0.1, 0.15) is 41.0 Å². The standard InChI is InChI=1S/C29H21NO2/c1-29-25-21-14-6-4-12-19(21)24(20-13-5-7-15-22(20)25)26(29)27(31)30(28(29)32)23-16-8-10-17-9-2-3-11-18(17)23/h2-16,24-26H,1H3/t24?,25?,26-,29+/m1/s1. The van der Waals surface area contributed by atoms with Crippen molar-refractivity contribution in [2.24, 2.45) is 11.3 Å². The third kappa shape index (κ3) is 1.93. The van der Waals surface area contributed by atoms with Crippen LogP contribution in [0.15, 0.2) is 91.0 Å². The Morgan fingerprint density at radius 2 is 1.25 bits per heavy atom. The second-order valence-electron chi connectivity index (χ2n) is 9.41. The van der Waals surface area contributed by atoms with Crippen molar-refractivity contribution in [3.05, 3.63) is 113 Å². The Morgan fingerprint density at radius 3 is 1.94 bits per heavy atom. The molecule has 2 bridgehead atoms. The molecule has 0 N–H and O–H groups in total. The van der Waals surface area contributed by atoms with Crippen LogP contribution in [-0.2, 0) is 9.59 Å². The Kier molecular flexibility index (Phi) is 3.33. The van der Waals surface area contributed by atoms with E-state index >= 15 is 0 Å². The number of hydrogen-bond donors (Lipinski definition) is 0. The van der Waals surface area contributed by atoms with Crippen LogP contribution in [0.25, 0.3) is 10.8 Å². The minimum absolute atomic E-state index is 0.0761. The predicted molar refractivity (Wildman–Crippen MR) is 125 cm³/mol. The molecule has 0 aromatic heterocycles. The normalized spacial score (nSPS) is 27.4. The van der Waals surface area contributed by atoms with E-state index in [2.05, 4.69) is 24.3 Å². The van der Waals surface area contributed by atoms with Gasteiger partial charge in [0, 0.05) is 17.2 Å². The number of imide groups is 1. The number of fused-ring (bicyclic) bond motifs is 1. The van der Waals surface area contributed by atoms with Gasteiger partial charge in [0.05, 0.1) is 17.0 Å². The fraction of sp³-hybridized carbons (Fsp3) is 0.172. The van der Waals surface area contributed by atoms with Crippen molar-refractivity contribution in [2.45, 2.75) is 18.8 Å². The molecule has 8 rings (SSSR count). The largest absolute Gasteiger partial charge is 0.274 e. The highest BCUT2D eigenvalue weighted by molar-refractivity contribution is 6.27. The molecule has 3 aliphatic carbocycles. The molecule has 0 radical (unpaired) electrons. The lowest BCUT2D eigenvalue weighted by Crippen LogP contribution is -2.49. The topological polar surface area (TPSA) is 37.4 Å². The predicted octanol–water partition coefficient (Wildman–Crippen LogP) is 5.63. The van der Waals surface area contributed by atoms with Crippen molar-refractivity contribution < 1.29 is 9.59 Å². The molecule has 1 fully saturated rings.